The zero-order valence-corrected chi connectivity index (χ0v) is 17.0. The summed E-state index contributed by atoms with van der Waals surface area (Å²) in [6, 6.07) is 17.5. The molecule has 0 radical (unpaired) electrons. The van der Waals surface area contributed by atoms with Crippen molar-refractivity contribution in [2.24, 2.45) is 5.10 Å². The molecule has 1 heterocycles. The monoisotopic (exact) mass is 424 g/mol. The number of benzene rings is 2. The van der Waals surface area contributed by atoms with Crippen molar-refractivity contribution in [1.29, 1.82) is 0 Å². The molecule has 0 aliphatic heterocycles. The number of hydrogen-bond donors (Lipinski definition) is 2. The second kappa shape index (κ2) is 9.19. The molecule has 0 aliphatic carbocycles. The van der Waals surface area contributed by atoms with Crippen LogP contribution in [0, 0.1) is 0 Å². The number of hydrogen-bond acceptors (Lipinski definition) is 6. The van der Waals surface area contributed by atoms with Gasteiger partial charge in [0, 0.05) is 11.8 Å². The first-order chi connectivity index (χ1) is 14.4. The van der Waals surface area contributed by atoms with Gasteiger partial charge < -0.3 is 5.11 Å². The molecule has 2 N–H and O–H groups in total. The number of hydrazone groups is 1. The molecule has 154 valence electrons. The number of nitrogens with zero attached hydrogens (tertiary/aromatic N) is 3. The lowest BCUT2D eigenvalue weighted by Gasteiger charge is -2.23. The van der Waals surface area contributed by atoms with Gasteiger partial charge in [0.1, 0.15) is 12.3 Å². The van der Waals surface area contributed by atoms with E-state index in [9.17, 15) is 18.3 Å². The highest BCUT2D eigenvalue weighted by Crippen LogP contribution is 2.22. The van der Waals surface area contributed by atoms with Crippen LogP contribution in [0.25, 0.3) is 0 Å². The molecule has 0 bridgehead atoms. The quantitative estimate of drug-likeness (QED) is 0.447. The highest BCUT2D eigenvalue weighted by molar-refractivity contribution is 7.92. The second-order valence-corrected chi connectivity index (χ2v) is 8.15. The zero-order valence-electron chi connectivity index (χ0n) is 16.1. The van der Waals surface area contributed by atoms with Gasteiger partial charge in [0.25, 0.3) is 15.9 Å². The summed E-state index contributed by atoms with van der Waals surface area (Å²) in [7, 11) is -4.00. The summed E-state index contributed by atoms with van der Waals surface area (Å²) < 4.78 is 27.2. The first-order valence-electron chi connectivity index (χ1n) is 8.99. The van der Waals surface area contributed by atoms with E-state index in [1.165, 1.54) is 30.6 Å². The second-order valence-electron chi connectivity index (χ2n) is 6.29. The molecular weight excluding hydrogens is 404 g/mol. The Morgan fingerprint density at radius 3 is 2.43 bits per heavy atom. The lowest BCUT2D eigenvalue weighted by molar-refractivity contribution is -0.119. The molecule has 0 saturated carbocycles. The van der Waals surface area contributed by atoms with Crippen LogP contribution < -0.4 is 9.73 Å². The maximum Gasteiger partial charge on any atom is 0.264 e. The Bertz CT molecular complexity index is 1150. The highest BCUT2D eigenvalue weighted by Gasteiger charge is 2.27. The number of sulfonamides is 1. The fraction of sp³-hybridized carbons (Fsp3) is 0.0952. The van der Waals surface area contributed by atoms with Crippen LogP contribution in [0.15, 0.2) is 89.1 Å². The minimum absolute atomic E-state index is 0.0247. The van der Waals surface area contributed by atoms with Crippen molar-refractivity contribution in [3.05, 3.63) is 84.7 Å². The lowest BCUT2D eigenvalue weighted by Crippen LogP contribution is -2.39. The first kappa shape index (κ1) is 21.0. The van der Waals surface area contributed by atoms with Gasteiger partial charge in [-0.15, -0.1) is 0 Å². The van der Waals surface area contributed by atoms with Crippen LogP contribution in [0.5, 0.6) is 5.75 Å². The Morgan fingerprint density at radius 1 is 1.07 bits per heavy atom. The van der Waals surface area contributed by atoms with Crippen LogP contribution in [0.1, 0.15) is 12.5 Å². The molecule has 1 amide bonds. The van der Waals surface area contributed by atoms with Crippen LogP contribution in [0.2, 0.25) is 0 Å². The van der Waals surface area contributed by atoms with Gasteiger partial charge in [-0.3, -0.25) is 14.1 Å². The Kier molecular flexibility index (Phi) is 6.43. The number of pyridine rings is 1. The number of nitrogens with one attached hydrogen (secondary N) is 1. The topological polar surface area (TPSA) is 112 Å². The number of phenols is 1. The van der Waals surface area contributed by atoms with Gasteiger partial charge >= 0.3 is 0 Å². The summed E-state index contributed by atoms with van der Waals surface area (Å²) in [6.07, 6.45) is 2.88. The third kappa shape index (κ3) is 4.81. The minimum Gasteiger partial charge on any atom is -0.507 e. The summed E-state index contributed by atoms with van der Waals surface area (Å²) >= 11 is 0. The molecule has 30 heavy (non-hydrogen) atoms. The zero-order chi connectivity index (χ0) is 21.6. The average Bonchev–Trinajstić information content (AvgIpc) is 2.77. The van der Waals surface area contributed by atoms with Gasteiger partial charge in [0.05, 0.1) is 22.5 Å². The van der Waals surface area contributed by atoms with E-state index in [0.29, 0.717) is 11.3 Å². The predicted molar refractivity (Wildman–Crippen MR) is 114 cm³/mol. The van der Waals surface area contributed by atoms with Crippen molar-refractivity contribution in [2.45, 2.75) is 11.8 Å². The van der Waals surface area contributed by atoms with Crippen molar-refractivity contribution in [3.8, 4) is 5.75 Å². The standard InChI is InChI=1S/C21H20N4O4S/c1-16(19-11-5-6-12-20(19)26)23-24-21(27)15-25(17-8-7-13-22-14-17)30(28,29)18-9-3-2-4-10-18/h2-14,26H,15H2,1H3,(H,24,27)/b23-16-. The average molecular weight is 424 g/mol. The smallest absolute Gasteiger partial charge is 0.264 e. The summed E-state index contributed by atoms with van der Waals surface area (Å²) in [5.41, 5.74) is 3.42. The van der Waals surface area contributed by atoms with Crippen molar-refractivity contribution in [2.75, 3.05) is 10.8 Å². The molecule has 1 aromatic heterocycles. The van der Waals surface area contributed by atoms with Gasteiger partial charge in [-0.25, -0.2) is 13.8 Å². The molecule has 3 rings (SSSR count). The van der Waals surface area contributed by atoms with Gasteiger partial charge in [-0.1, -0.05) is 30.3 Å². The number of phenolic OH excluding ortho intramolecular Hbond substituents is 1. The molecule has 3 aromatic rings. The fourth-order valence-electron chi connectivity index (χ4n) is 2.69. The van der Waals surface area contributed by atoms with Crippen LogP contribution in [0.3, 0.4) is 0 Å². The molecule has 0 spiro atoms. The number of amides is 1. The number of aromatic hydroxyl groups is 1. The highest BCUT2D eigenvalue weighted by atomic mass is 32.2. The number of carbonyl (C=O) groups excluding carboxylic acids is 1. The van der Waals surface area contributed by atoms with E-state index in [0.717, 1.165) is 4.31 Å². The first-order valence-corrected chi connectivity index (χ1v) is 10.4. The third-order valence-corrected chi connectivity index (χ3v) is 5.98. The van der Waals surface area contributed by atoms with Gasteiger partial charge in [0.15, 0.2) is 0 Å². The Balaban J connectivity index is 1.84. The molecule has 9 heteroatoms. The van der Waals surface area contributed by atoms with Crippen LogP contribution in [-0.2, 0) is 14.8 Å². The molecule has 0 atom stereocenters. The normalized spacial score (nSPS) is 11.7. The van der Waals surface area contributed by atoms with E-state index in [4.69, 9.17) is 0 Å². The van der Waals surface area contributed by atoms with E-state index in [1.807, 2.05) is 0 Å². The number of rotatable bonds is 7. The summed E-state index contributed by atoms with van der Waals surface area (Å²) in [5, 5.41) is 13.9. The number of aromatic nitrogens is 1. The SMILES string of the molecule is C/C(=N/NC(=O)CN(c1cccnc1)S(=O)(=O)c1ccccc1)c1ccccc1O. The predicted octanol–water partition coefficient (Wildman–Crippen LogP) is 2.52. The maximum atomic E-state index is 13.1. The van der Waals surface area contributed by atoms with E-state index in [2.05, 4.69) is 15.5 Å². The molecule has 0 aliphatic rings. The van der Waals surface area contributed by atoms with Crippen molar-refractivity contribution >= 4 is 27.3 Å². The molecule has 0 saturated heterocycles. The Morgan fingerprint density at radius 2 is 1.77 bits per heavy atom. The fourth-order valence-corrected chi connectivity index (χ4v) is 4.12. The number of carbonyl (C=O) groups is 1. The molecular formula is C21H20N4O4S. The van der Waals surface area contributed by atoms with Crippen LogP contribution in [0.4, 0.5) is 5.69 Å². The lowest BCUT2D eigenvalue weighted by atomic mass is 10.1. The Labute approximate surface area is 174 Å². The van der Waals surface area contributed by atoms with E-state index < -0.39 is 22.5 Å². The third-order valence-electron chi connectivity index (χ3n) is 4.19. The van der Waals surface area contributed by atoms with Crippen molar-refractivity contribution in [1.82, 2.24) is 10.4 Å². The van der Waals surface area contributed by atoms with Crippen molar-refractivity contribution < 1.29 is 18.3 Å². The molecule has 8 nitrogen and oxygen atoms in total. The number of anilines is 1. The minimum atomic E-state index is -4.00. The molecule has 2 aromatic carbocycles. The van der Waals surface area contributed by atoms with E-state index >= 15 is 0 Å². The summed E-state index contributed by atoms with van der Waals surface area (Å²) in [6.45, 7) is 1.12. The molecule has 0 unspecified atom stereocenters. The van der Waals surface area contributed by atoms with Crippen molar-refractivity contribution in [3.63, 3.8) is 0 Å². The Hall–Kier alpha value is -3.72. The van der Waals surface area contributed by atoms with Gasteiger partial charge in [-0.05, 0) is 43.3 Å². The summed E-state index contributed by atoms with van der Waals surface area (Å²) in [5.74, 6) is -0.621. The summed E-state index contributed by atoms with van der Waals surface area (Å²) in [4.78, 5) is 16.5. The maximum absolute atomic E-state index is 13.1. The van der Waals surface area contributed by atoms with E-state index in [-0.39, 0.29) is 16.3 Å². The molecule has 0 fully saturated rings. The van der Waals surface area contributed by atoms with Gasteiger partial charge in [-0.2, -0.15) is 5.10 Å². The largest absolute Gasteiger partial charge is 0.507 e. The number of para-hydroxylation sites is 1. The van der Waals surface area contributed by atoms with Gasteiger partial charge in [0.2, 0.25) is 0 Å². The van der Waals surface area contributed by atoms with E-state index in [1.54, 1.807) is 55.5 Å². The van der Waals surface area contributed by atoms with Crippen LogP contribution >= 0.6 is 0 Å². The van der Waals surface area contributed by atoms with Crippen LogP contribution in [-0.4, -0.2) is 36.7 Å².